The van der Waals surface area contributed by atoms with Crippen molar-refractivity contribution < 1.29 is 18.0 Å². The van der Waals surface area contributed by atoms with E-state index >= 15 is 0 Å². The summed E-state index contributed by atoms with van der Waals surface area (Å²) in [6.45, 7) is 7.18. The Kier molecular flexibility index (Phi) is 10.9. The Hall–Kier alpha value is -2.78. The lowest BCUT2D eigenvalue weighted by atomic mass is 10.1. The van der Waals surface area contributed by atoms with Gasteiger partial charge in [-0.1, -0.05) is 72.4 Å². The Labute approximate surface area is 251 Å². The van der Waals surface area contributed by atoms with Gasteiger partial charge in [-0.15, -0.1) is 0 Å². The van der Waals surface area contributed by atoms with Gasteiger partial charge < -0.3 is 10.2 Å². The standard InChI is InChI=1S/C29H32Cl3N3O4S/c1-19(2)16-33-29(37)21(4)34(17-22-7-8-24(31)15-27(22)32)28(36)18-35(25-11-9-23(30)10-12-25)40(38,39)26-13-5-20(3)6-14-26/h5-15,19,21H,16-18H2,1-4H3,(H,33,37)/t21-/m1/s1. The minimum atomic E-state index is -4.17. The molecule has 0 aliphatic carbocycles. The number of aryl methyl sites for hydroxylation is 1. The van der Waals surface area contributed by atoms with E-state index in [0.29, 0.717) is 27.2 Å². The van der Waals surface area contributed by atoms with Crippen LogP contribution in [-0.2, 0) is 26.2 Å². The van der Waals surface area contributed by atoms with Crippen molar-refractivity contribution in [1.82, 2.24) is 10.2 Å². The number of amides is 2. The first-order valence-corrected chi connectivity index (χ1v) is 15.2. The third-order valence-electron chi connectivity index (χ3n) is 6.21. The number of carbonyl (C=O) groups excluding carboxylic acids is 2. The van der Waals surface area contributed by atoms with Gasteiger partial charge in [-0.3, -0.25) is 13.9 Å². The van der Waals surface area contributed by atoms with E-state index in [1.54, 1.807) is 49.4 Å². The molecule has 0 radical (unpaired) electrons. The number of nitrogens with one attached hydrogen (secondary N) is 1. The van der Waals surface area contributed by atoms with Crippen LogP contribution in [0, 0.1) is 12.8 Å². The number of carbonyl (C=O) groups is 2. The topological polar surface area (TPSA) is 86.8 Å². The molecule has 3 aromatic carbocycles. The highest BCUT2D eigenvalue weighted by molar-refractivity contribution is 7.92. The molecule has 0 saturated heterocycles. The lowest BCUT2D eigenvalue weighted by molar-refractivity contribution is -0.139. The van der Waals surface area contributed by atoms with E-state index in [2.05, 4.69) is 5.32 Å². The highest BCUT2D eigenvalue weighted by Gasteiger charge is 2.32. The van der Waals surface area contributed by atoms with E-state index in [0.717, 1.165) is 9.87 Å². The van der Waals surface area contributed by atoms with E-state index in [9.17, 15) is 18.0 Å². The molecule has 2 amide bonds. The van der Waals surface area contributed by atoms with Gasteiger partial charge in [0.05, 0.1) is 10.6 Å². The Bertz CT molecular complexity index is 1450. The van der Waals surface area contributed by atoms with Crippen molar-refractivity contribution in [1.29, 1.82) is 0 Å². The van der Waals surface area contributed by atoms with Gasteiger partial charge in [-0.25, -0.2) is 8.42 Å². The summed E-state index contributed by atoms with van der Waals surface area (Å²) in [7, 11) is -4.17. The van der Waals surface area contributed by atoms with E-state index in [1.165, 1.54) is 29.2 Å². The molecule has 11 heteroatoms. The lowest BCUT2D eigenvalue weighted by Gasteiger charge is -2.32. The van der Waals surface area contributed by atoms with Gasteiger partial charge in [0.2, 0.25) is 11.8 Å². The summed E-state index contributed by atoms with van der Waals surface area (Å²) in [5.41, 5.74) is 1.70. The molecule has 0 saturated carbocycles. The molecular weight excluding hydrogens is 593 g/mol. The molecular formula is C29H32Cl3N3O4S. The summed E-state index contributed by atoms with van der Waals surface area (Å²) in [6.07, 6.45) is 0. The molecule has 7 nitrogen and oxygen atoms in total. The fraction of sp³-hybridized carbons (Fsp3) is 0.310. The Morgan fingerprint density at radius 2 is 1.48 bits per heavy atom. The fourth-order valence-corrected chi connectivity index (χ4v) is 5.85. The molecule has 3 aromatic rings. The second-order valence-electron chi connectivity index (χ2n) is 9.87. The maximum atomic E-state index is 13.9. The van der Waals surface area contributed by atoms with Gasteiger partial charge in [0.25, 0.3) is 10.0 Å². The van der Waals surface area contributed by atoms with Crippen molar-refractivity contribution in [3.8, 4) is 0 Å². The van der Waals surface area contributed by atoms with Crippen molar-refractivity contribution in [3.05, 3.63) is 92.9 Å². The zero-order chi connectivity index (χ0) is 29.6. The molecule has 40 heavy (non-hydrogen) atoms. The Morgan fingerprint density at radius 3 is 2.05 bits per heavy atom. The maximum absolute atomic E-state index is 13.9. The minimum absolute atomic E-state index is 0.0240. The normalized spacial score (nSPS) is 12.2. The predicted molar refractivity (Wildman–Crippen MR) is 161 cm³/mol. The molecule has 1 N–H and O–H groups in total. The third-order valence-corrected chi connectivity index (χ3v) is 8.84. The summed E-state index contributed by atoms with van der Waals surface area (Å²) >= 11 is 18.5. The Balaban J connectivity index is 2.03. The van der Waals surface area contributed by atoms with Gasteiger partial charge in [0.1, 0.15) is 12.6 Å². The molecule has 0 aromatic heterocycles. The highest BCUT2D eigenvalue weighted by atomic mass is 35.5. The third kappa shape index (κ3) is 8.13. The number of nitrogens with zero attached hydrogens (tertiary/aromatic N) is 2. The average molecular weight is 625 g/mol. The van der Waals surface area contributed by atoms with Crippen LogP contribution in [0.4, 0.5) is 5.69 Å². The summed E-state index contributed by atoms with van der Waals surface area (Å²) in [5.74, 6) is -0.763. The van der Waals surface area contributed by atoms with Crippen LogP contribution in [0.1, 0.15) is 31.9 Å². The highest BCUT2D eigenvalue weighted by Crippen LogP contribution is 2.27. The number of anilines is 1. The van der Waals surface area contributed by atoms with Gasteiger partial charge in [-0.2, -0.15) is 0 Å². The van der Waals surface area contributed by atoms with Crippen LogP contribution in [0.15, 0.2) is 71.6 Å². The fourth-order valence-electron chi connectivity index (χ4n) is 3.84. The molecule has 0 unspecified atom stereocenters. The minimum Gasteiger partial charge on any atom is -0.354 e. The predicted octanol–water partition coefficient (Wildman–Crippen LogP) is 6.34. The molecule has 0 spiro atoms. The van der Waals surface area contributed by atoms with Crippen LogP contribution in [0.2, 0.25) is 15.1 Å². The summed E-state index contributed by atoms with van der Waals surface area (Å²) < 4.78 is 28.7. The van der Waals surface area contributed by atoms with Crippen LogP contribution in [0.5, 0.6) is 0 Å². The van der Waals surface area contributed by atoms with Crippen LogP contribution >= 0.6 is 34.8 Å². The second-order valence-corrected chi connectivity index (χ2v) is 13.0. The van der Waals surface area contributed by atoms with Crippen LogP contribution in [0.25, 0.3) is 0 Å². The number of hydrogen-bond acceptors (Lipinski definition) is 4. The van der Waals surface area contributed by atoms with Crippen molar-refractivity contribution in [2.24, 2.45) is 5.92 Å². The number of sulfonamides is 1. The SMILES string of the molecule is Cc1ccc(S(=O)(=O)N(CC(=O)N(Cc2ccc(Cl)cc2Cl)[C@H](C)C(=O)NCC(C)C)c2ccc(Cl)cc2)cc1. The van der Waals surface area contributed by atoms with Crippen LogP contribution in [0.3, 0.4) is 0 Å². The lowest BCUT2D eigenvalue weighted by Crippen LogP contribution is -2.51. The summed E-state index contributed by atoms with van der Waals surface area (Å²) in [6, 6.07) is 16.4. The van der Waals surface area contributed by atoms with Crippen LogP contribution < -0.4 is 9.62 Å². The van der Waals surface area contributed by atoms with Crippen molar-refractivity contribution in [3.63, 3.8) is 0 Å². The zero-order valence-electron chi connectivity index (χ0n) is 22.7. The summed E-state index contributed by atoms with van der Waals surface area (Å²) in [4.78, 5) is 28.3. The first-order chi connectivity index (χ1) is 18.8. The largest absolute Gasteiger partial charge is 0.354 e. The number of benzene rings is 3. The molecule has 3 rings (SSSR count). The molecule has 0 aliphatic rings. The second kappa shape index (κ2) is 13.7. The molecule has 1 atom stereocenters. The van der Waals surface area contributed by atoms with E-state index in [1.807, 2.05) is 20.8 Å². The molecule has 0 fully saturated rings. The van der Waals surface area contributed by atoms with Crippen LogP contribution in [-0.4, -0.2) is 44.3 Å². The first kappa shape index (κ1) is 31.7. The quantitative estimate of drug-likeness (QED) is 0.270. The summed E-state index contributed by atoms with van der Waals surface area (Å²) in [5, 5.41) is 4.00. The van der Waals surface area contributed by atoms with Gasteiger partial charge in [0, 0.05) is 28.2 Å². The Morgan fingerprint density at radius 1 is 0.875 bits per heavy atom. The first-order valence-electron chi connectivity index (χ1n) is 12.7. The smallest absolute Gasteiger partial charge is 0.264 e. The average Bonchev–Trinajstić information content (AvgIpc) is 2.90. The molecule has 0 heterocycles. The maximum Gasteiger partial charge on any atom is 0.264 e. The number of halogens is 3. The van der Waals surface area contributed by atoms with Crippen molar-refractivity contribution in [2.75, 3.05) is 17.4 Å². The number of hydrogen-bond donors (Lipinski definition) is 1. The monoisotopic (exact) mass is 623 g/mol. The molecule has 0 bridgehead atoms. The molecule has 0 aliphatic heterocycles. The van der Waals surface area contributed by atoms with Gasteiger partial charge >= 0.3 is 0 Å². The van der Waals surface area contributed by atoms with Gasteiger partial charge in [-0.05, 0) is 73.9 Å². The van der Waals surface area contributed by atoms with Gasteiger partial charge in [0.15, 0.2) is 0 Å². The molecule has 214 valence electrons. The zero-order valence-corrected chi connectivity index (χ0v) is 25.8. The van der Waals surface area contributed by atoms with E-state index < -0.39 is 28.5 Å². The van der Waals surface area contributed by atoms with E-state index in [4.69, 9.17) is 34.8 Å². The van der Waals surface area contributed by atoms with Crippen molar-refractivity contribution in [2.45, 2.75) is 45.2 Å². The van der Waals surface area contributed by atoms with Crippen molar-refractivity contribution >= 4 is 62.3 Å². The number of rotatable bonds is 11. The van der Waals surface area contributed by atoms with E-state index in [-0.39, 0.29) is 29.0 Å².